The van der Waals surface area contributed by atoms with Crippen molar-refractivity contribution in [3.8, 4) is 6.07 Å². The summed E-state index contributed by atoms with van der Waals surface area (Å²) >= 11 is 0. The molecule has 0 saturated heterocycles. The number of halogens is 3. The van der Waals surface area contributed by atoms with Gasteiger partial charge in [-0.05, 0) is 43.5 Å². The predicted octanol–water partition coefficient (Wildman–Crippen LogP) is 3.37. The van der Waals surface area contributed by atoms with Gasteiger partial charge in [0, 0.05) is 5.69 Å². The first-order chi connectivity index (χ1) is 7.88. The summed E-state index contributed by atoms with van der Waals surface area (Å²) in [6, 6.07) is 6.60. The predicted molar refractivity (Wildman–Crippen MR) is 57.5 cm³/mol. The number of nitrogens with one attached hydrogen (secondary N) is 1. The van der Waals surface area contributed by atoms with E-state index in [1.807, 2.05) is 6.07 Å². The molecule has 1 aliphatic carbocycles. The number of nitrogens with zero attached hydrogens (tertiary/aromatic N) is 1. The Morgan fingerprint density at radius 3 is 2.41 bits per heavy atom. The molecule has 5 heteroatoms. The van der Waals surface area contributed by atoms with Gasteiger partial charge in [-0.1, -0.05) is 0 Å². The molecule has 90 valence electrons. The largest absolute Gasteiger partial charge is 0.411 e. The van der Waals surface area contributed by atoms with Gasteiger partial charge in [0.15, 0.2) is 0 Å². The van der Waals surface area contributed by atoms with Crippen LogP contribution in [0.3, 0.4) is 0 Å². The smallest absolute Gasteiger partial charge is 0.372 e. The highest BCUT2D eigenvalue weighted by Gasteiger charge is 2.63. The molecule has 0 spiro atoms. The Kier molecular flexibility index (Phi) is 2.53. The summed E-state index contributed by atoms with van der Waals surface area (Å²) in [7, 11) is 0. The number of nitriles is 1. The normalized spacial score (nSPS) is 17.4. The fourth-order valence-electron chi connectivity index (χ4n) is 1.75. The third-order valence-electron chi connectivity index (χ3n) is 3.02. The maximum Gasteiger partial charge on any atom is 0.411 e. The summed E-state index contributed by atoms with van der Waals surface area (Å²) in [5.74, 6) is 0. The van der Waals surface area contributed by atoms with E-state index in [-0.39, 0.29) is 12.8 Å². The van der Waals surface area contributed by atoms with Crippen molar-refractivity contribution in [3.63, 3.8) is 0 Å². The van der Waals surface area contributed by atoms with Crippen LogP contribution in [0.15, 0.2) is 18.2 Å². The molecule has 0 atom stereocenters. The molecule has 17 heavy (non-hydrogen) atoms. The second kappa shape index (κ2) is 3.66. The molecule has 1 aromatic rings. The Morgan fingerprint density at radius 1 is 1.35 bits per heavy atom. The molecule has 0 heterocycles. The van der Waals surface area contributed by atoms with Gasteiger partial charge in [0.25, 0.3) is 0 Å². The van der Waals surface area contributed by atoms with Crippen LogP contribution in [0.4, 0.5) is 18.9 Å². The van der Waals surface area contributed by atoms with E-state index >= 15 is 0 Å². The number of hydrogen-bond acceptors (Lipinski definition) is 2. The van der Waals surface area contributed by atoms with Crippen molar-refractivity contribution in [1.29, 1.82) is 5.26 Å². The quantitative estimate of drug-likeness (QED) is 0.860. The van der Waals surface area contributed by atoms with E-state index in [4.69, 9.17) is 5.26 Å². The zero-order valence-corrected chi connectivity index (χ0v) is 9.23. The van der Waals surface area contributed by atoms with E-state index in [1.165, 1.54) is 12.1 Å². The molecule has 1 aromatic carbocycles. The SMILES string of the molecule is Cc1cc(NC2(C(F)(F)F)CC2)ccc1C#N. The highest BCUT2D eigenvalue weighted by Crippen LogP contribution is 2.51. The van der Waals surface area contributed by atoms with Crippen LogP contribution in [0, 0.1) is 18.3 Å². The fraction of sp³-hybridized carbons (Fsp3) is 0.417. The van der Waals surface area contributed by atoms with E-state index in [1.54, 1.807) is 13.0 Å². The second-order valence-electron chi connectivity index (χ2n) is 4.35. The number of anilines is 1. The van der Waals surface area contributed by atoms with Crippen LogP contribution in [0.5, 0.6) is 0 Å². The molecular weight excluding hydrogens is 229 g/mol. The lowest BCUT2D eigenvalue weighted by Gasteiger charge is -2.22. The van der Waals surface area contributed by atoms with Crippen molar-refractivity contribution < 1.29 is 13.2 Å². The van der Waals surface area contributed by atoms with Gasteiger partial charge in [0.05, 0.1) is 11.6 Å². The third kappa shape index (κ3) is 2.07. The van der Waals surface area contributed by atoms with Crippen LogP contribution < -0.4 is 5.32 Å². The van der Waals surface area contributed by atoms with Gasteiger partial charge in [-0.3, -0.25) is 0 Å². The minimum Gasteiger partial charge on any atom is -0.372 e. The van der Waals surface area contributed by atoms with Crippen LogP contribution in [-0.2, 0) is 0 Å². The van der Waals surface area contributed by atoms with Crippen molar-refractivity contribution in [2.45, 2.75) is 31.5 Å². The van der Waals surface area contributed by atoms with Gasteiger partial charge in [0.2, 0.25) is 0 Å². The van der Waals surface area contributed by atoms with Crippen LogP contribution in [0.25, 0.3) is 0 Å². The molecule has 0 bridgehead atoms. The van der Waals surface area contributed by atoms with Gasteiger partial charge < -0.3 is 5.32 Å². The highest BCUT2D eigenvalue weighted by molar-refractivity contribution is 5.54. The molecule has 0 unspecified atom stereocenters. The van der Waals surface area contributed by atoms with Crippen molar-refractivity contribution in [2.24, 2.45) is 0 Å². The Morgan fingerprint density at radius 2 is 2.00 bits per heavy atom. The van der Waals surface area contributed by atoms with E-state index in [2.05, 4.69) is 5.32 Å². The van der Waals surface area contributed by atoms with Gasteiger partial charge in [0.1, 0.15) is 5.54 Å². The van der Waals surface area contributed by atoms with Crippen molar-refractivity contribution in [1.82, 2.24) is 0 Å². The molecule has 0 amide bonds. The fourth-order valence-corrected chi connectivity index (χ4v) is 1.75. The molecule has 0 aliphatic heterocycles. The van der Waals surface area contributed by atoms with Crippen molar-refractivity contribution in [3.05, 3.63) is 29.3 Å². The van der Waals surface area contributed by atoms with Crippen molar-refractivity contribution in [2.75, 3.05) is 5.32 Å². The molecular formula is C12H11F3N2. The maximum atomic E-state index is 12.7. The summed E-state index contributed by atoms with van der Waals surface area (Å²) in [6.45, 7) is 1.71. The van der Waals surface area contributed by atoms with Gasteiger partial charge in [-0.25, -0.2) is 0 Å². The standard InChI is InChI=1S/C12H11F3N2/c1-8-6-10(3-2-9(8)7-16)17-11(4-5-11)12(13,14)15/h2-3,6,17H,4-5H2,1H3. The molecule has 1 aliphatic rings. The zero-order chi connectivity index (χ0) is 12.7. The van der Waals surface area contributed by atoms with Crippen LogP contribution in [-0.4, -0.2) is 11.7 Å². The first kappa shape index (κ1) is 11.8. The monoisotopic (exact) mass is 240 g/mol. The van der Waals surface area contributed by atoms with E-state index < -0.39 is 11.7 Å². The minimum atomic E-state index is -4.23. The minimum absolute atomic E-state index is 0.107. The lowest BCUT2D eigenvalue weighted by molar-refractivity contribution is -0.151. The number of hydrogen-bond donors (Lipinski definition) is 1. The molecule has 2 rings (SSSR count). The summed E-state index contributed by atoms with van der Waals surface area (Å²) in [6.07, 6.45) is -4.01. The third-order valence-corrected chi connectivity index (χ3v) is 3.02. The zero-order valence-electron chi connectivity index (χ0n) is 9.23. The molecule has 1 saturated carbocycles. The molecule has 2 nitrogen and oxygen atoms in total. The van der Waals surface area contributed by atoms with Crippen molar-refractivity contribution >= 4 is 5.69 Å². The number of aryl methyl sites for hydroxylation is 1. The lowest BCUT2D eigenvalue weighted by atomic mass is 10.1. The van der Waals surface area contributed by atoms with Gasteiger partial charge >= 0.3 is 6.18 Å². The Balaban J connectivity index is 2.21. The highest BCUT2D eigenvalue weighted by atomic mass is 19.4. The Labute approximate surface area is 97.1 Å². The molecule has 0 aromatic heterocycles. The number of rotatable bonds is 2. The Hall–Kier alpha value is -1.70. The van der Waals surface area contributed by atoms with Gasteiger partial charge in [-0.15, -0.1) is 0 Å². The van der Waals surface area contributed by atoms with Gasteiger partial charge in [-0.2, -0.15) is 18.4 Å². The maximum absolute atomic E-state index is 12.7. The Bertz CT molecular complexity index is 482. The average Bonchev–Trinajstić information content (AvgIpc) is 2.98. The summed E-state index contributed by atoms with van der Waals surface area (Å²) in [5.41, 5.74) is -0.188. The number of alkyl halides is 3. The lowest BCUT2D eigenvalue weighted by Crippen LogP contribution is -2.38. The summed E-state index contributed by atoms with van der Waals surface area (Å²) < 4.78 is 38.1. The van der Waals surface area contributed by atoms with Crippen LogP contribution in [0.1, 0.15) is 24.0 Å². The van der Waals surface area contributed by atoms with Crippen LogP contribution in [0.2, 0.25) is 0 Å². The van der Waals surface area contributed by atoms with E-state index in [9.17, 15) is 13.2 Å². The van der Waals surface area contributed by atoms with Crippen LogP contribution >= 0.6 is 0 Å². The molecule has 1 fully saturated rings. The second-order valence-corrected chi connectivity index (χ2v) is 4.35. The number of benzene rings is 1. The first-order valence-electron chi connectivity index (χ1n) is 5.24. The molecule has 1 N–H and O–H groups in total. The summed E-state index contributed by atoms with van der Waals surface area (Å²) in [5, 5.41) is 11.3. The van der Waals surface area contributed by atoms with E-state index in [0.717, 1.165) is 0 Å². The average molecular weight is 240 g/mol. The first-order valence-corrected chi connectivity index (χ1v) is 5.24. The summed E-state index contributed by atoms with van der Waals surface area (Å²) in [4.78, 5) is 0. The topological polar surface area (TPSA) is 35.8 Å². The molecule has 0 radical (unpaired) electrons. The van der Waals surface area contributed by atoms with E-state index in [0.29, 0.717) is 16.8 Å².